The lowest BCUT2D eigenvalue weighted by molar-refractivity contribution is -0.114. The Morgan fingerprint density at radius 1 is 1.35 bits per heavy atom. The predicted octanol–water partition coefficient (Wildman–Crippen LogP) is 3.45. The van der Waals surface area contributed by atoms with Crippen LogP contribution in [0.25, 0.3) is 0 Å². The van der Waals surface area contributed by atoms with Crippen LogP contribution in [0.3, 0.4) is 0 Å². The summed E-state index contributed by atoms with van der Waals surface area (Å²) < 4.78 is 10.6. The fourth-order valence-electron chi connectivity index (χ4n) is 3.82. The summed E-state index contributed by atoms with van der Waals surface area (Å²) in [6.45, 7) is 3.76. The first-order chi connectivity index (χ1) is 12.4. The van der Waals surface area contributed by atoms with Crippen molar-refractivity contribution in [3.05, 3.63) is 16.0 Å². The first-order valence-electron chi connectivity index (χ1n) is 9.06. The lowest BCUT2D eigenvalue weighted by atomic mass is 9.70. The summed E-state index contributed by atoms with van der Waals surface area (Å²) in [5, 5.41) is 3.11. The van der Waals surface area contributed by atoms with E-state index in [1.807, 2.05) is 0 Å². The van der Waals surface area contributed by atoms with Gasteiger partial charge in [0, 0.05) is 14.0 Å². The van der Waals surface area contributed by atoms with Crippen molar-refractivity contribution in [2.75, 3.05) is 25.6 Å². The number of Topliss-reactive ketones (excluding diaryl/α,β-unsaturated/α-hetero) is 1. The van der Waals surface area contributed by atoms with Gasteiger partial charge in [-0.1, -0.05) is 12.8 Å². The molecule has 3 rings (SSSR count). The van der Waals surface area contributed by atoms with Gasteiger partial charge in [-0.05, 0) is 37.7 Å². The molecule has 1 unspecified atom stereocenters. The van der Waals surface area contributed by atoms with Crippen LogP contribution in [-0.2, 0) is 20.7 Å². The molecule has 0 aromatic carbocycles. The molecule has 1 saturated carbocycles. The van der Waals surface area contributed by atoms with Gasteiger partial charge in [-0.2, -0.15) is 0 Å². The number of nitrogens with one attached hydrogen (secondary N) is 1. The number of hydrogen-bond acceptors (Lipinski definition) is 6. The second-order valence-corrected chi connectivity index (χ2v) is 8.23. The third-order valence-electron chi connectivity index (χ3n) is 5.11. The second kappa shape index (κ2) is 7.48. The quantitative estimate of drug-likeness (QED) is 0.734. The Hall–Kier alpha value is -1.73. The van der Waals surface area contributed by atoms with E-state index in [4.69, 9.17) is 9.47 Å². The molecule has 2 aliphatic carbocycles. The van der Waals surface area contributed by atoms with Crippen molar-refractivity contribution in [2.45, 2.75) is 46.0 Å². The monoisotopic (exact) mass is 379 g/mol. The van der Waals surface area contributed by atoms with Crippen LogP contribution in [0.5, 0.6) is 0 Å². The van der Waals surface area contributed by atoms with Gasteiger partial charge >= 0.3 is 5.97 Å². The summed E-state index contributed by atoms with van der Waals surface area (Å²) in [4.78, 5) is 38.0. The highest BCUT2D eigenvalue weighted by Gasteiger charge is 2.48. The molecule has 1 aromatic heterocycles. The largest absolute Gasteiger partial charge is 0.462 e. The zero-order valence-corrected chi connectivity index (χ0v) is 16.3. The van der Waals surface area contributed by atoms with Gasteiger partial charge < -0.3 is 14.8 Å². The minimum atomic E-state index is -0.521. The first kappa shape index (κ1) is 19.0. The van der Waals surface area contributed by atoms with E-state index in [1.54, 1.807) is 14.0 Å². The average Bonchev–Trinajstić information content (AvgIpc) is 3.30. The number of hydrogen-bond donors (Lipinski definition) is 1. The van der Waals surface area contributed by atoms with Crippen molar-refractivity contribution in [1.82, 2.24) is 0 Å². The fourth-order valence-corrected chi connectivity index (χ4v) is 5.16. The number of methoxy groups -OCH3 is 1. The molecule has 0 bridgehead atoms. The molecule has 1 atom stereocenters. The Bertz CT molecular complexity index is 737. The van der Waals surface area contributed by atoms with E-state index in [0.717, 1.165) is 6.42 Å². The number of esters is 1. The molecule has 1 N–H and O–H groups in total. The lowest BCUT2D eigenvalue weighted by Gasteiger charge is -2.35. The highest BCUT2D eigenvalue weighted by Crippen LogP contribution is 2.50. The molecule has 2 aliphatic rings. The van der Waals surface area contributed by atoms with Gasteiger partial charge in [0.05, 0.1) is 29.1 Å². The zero-order chi connectivity index (χ0) is 18.9. The number of thiophene rings is 1. The maximum Gasteiger partial charge on any atom is 0.341 e. The SMILES string of the molecule is CCOC(=O)c1c(NC(C)=O)sc2c1CCC(COC)(CC1CC1)C2=O. The zero-order valence-electron chi connectivity index (χ0n) is 15.5. The molecule has 0 saturated heterocycles. The maximum absolute atomic E-state index is 13.4. The van der Waals surface area contributed by atoms with E-state index in [1.165, 1.54) is 31.1 Å². The van der Waals surface area contributed by atoms with Gasteiger partial charge in [0.15, 0.2) is 5.78 Å². The van der Waals surface area contributed by atoms with Gasteiger partial charge in [0.2, 0.25) is 5.91 Å². The third kappa shape index (κ3) is 3.55. The third-order valence-corrected chi connectivity index (χ3v) is 6.26. The number of anilines is 1. The highest BCUT2D eigenvalue weighted by molar-refractivity contribution is 7.19. The standard InChI is InChI=1S/C19H25NO5S/c1-4-25-18(23)14-13-7-8-19(10-24-3,9-12-5-6-12)16(22)15(13)26-17(14)20-11(2)21/h12H,4-10H2,1-3H3,(H,20,21). The summed E-state index contributed by atoms with van der Waals surface area (Å²) in [6.07, 6.45) is 4.44. The smallest absolute Gasteiger partial charge is 0.341 e. The minimum absolute atomic E-state index is 0.0413. The molecule has 6 nitrogen and oxygen atoms in total. The summed E-state index contributed by atoms with van der Waals surface area (Å²) in [6, 6.07) is 0. The number of carbonyl (C=O) groups excluding carboxylic acids is 3. The molecule has 0 radical (unpaired) electrons. The number of fused-ring (bicyclic) bond motifs is 1. The molecule has 0 spiro atoms. The van der Waals surface area contributed by atoms with Crippen LogP contribution in [0.4, 0.5) is 5.00 Å². The van der Waals surface area contributed by atoms with E-state index in [-0.39, 0.29) is 18.3 Å². The normalized spacial score (nSPS) is 22.0. The molecule has 7 heteroatoms. The Morgan fingerprint density at radius 2 is 2.08 bits per heavy atom. The number of ketones is 1. The van der Waals surface area contributed by atoms with Crippen molar-refractivity contribution in [3.63, 3.8) is 0 Å². The number of carbonyl (C=O) groups is 3. The van der Waals surface area contributed by atoms with Crippen LogP contribution in [0.1, 0.15) is 65.1 Å². The molecular formula is C19H25NO5S. The average molecular weight is 379 g/mol. The Morgan fingerprint density at radius 3 is 2.65 bits per heavy atom. The van der Waals surface area contributed by atoms with Gasteiger partial charge in [0.25, 0.3) is 0 Å². The van der Waals surface area contributed by atoms with E-state index in [0.29, 0.717) is 46.4 Å². The molecule has 1 heterocycles. The van der Waals surface area contributed by atoms with Crippen LogP contribution < -0.4 is 5.32 Å². The van der Waals surface area contributed by atoms with Crippen LogP contribution in [0.2, 0.25) is 0 Å². The summed E-state index contributed by atoms with van der Waals surface area (Å²) >= 11 is 1.19. The summed E-state index contributed by atoms with van der Waals surface area (Å²) in [5.74, 6) is -0.125. The van der Waals surface area contributed by atoms with Crippen LogP contribution >= 0.6 is 11.3 Å². The van der Waals surface area contributed by atoms with E-state index >= 15 is 0 Å². The number of amides is 1. The Balaban J connectivity index is 2.02. The number of rotatable bonds is 7. The van der Waals surface area contributed by atoms with Crippen molar-refractivity contribution < 1.29 is 23.9 Å². The fraction of sp³-hybridized carbons (Fsp3) is 0.632. The molecular weight excluding hydrogens is 354 g/mol. The molecule has 1 aromatic rings. The summed E-state index contributed by atoms with van der Waals surface area (Å²) in [5.41, 5.74) is 0.533. The van der Waals surface area contributed by atoms with Gasteiger partial charge in [-0.3, -0.25) is 9.59 Å². The van der Waals surface area contributed by atoms with Crippen LogP contribution in [0.15, 0.2) is 0 Å². The van der Waals surface area contributed by atoms with Gasteiger partial charge in [0.1, 0.15) is 5.00 Å². The Kier molecular flexibility index (Phi) is 5.48. The number of ether oxygens (including phenoxy) is 2. The molecule has 142 valence electrons. The minimum Gasteiger partial charge on any atom is -0.462 e. The lowest BCUT2D eigenvalue weighted by Crippen LogP contribution is -2.40. The predicted molar refractivity (Wildman–Crippen MR) is 98.9 cm³/mol. The van der Waals surface area contributed by atoms with E-state index < -0.39 is 11.4 Å². The second-order valence-electron chi connectivity index (χ2n) is 7.21. The first-order valence-corrected chi connectivity index (χ1v) is 9.87. The van der Waals surface area contributed by atoms with Crippen molar-refractivity contribution >= 4 is 34.0 Å². The Labute approximate surface area is 157 Å². The molecule has 0 aliphatic heterocycles. The maximum atomic E-state index is 13.4. The van der Waals surface area contributed by atoms with Crippen molar-refractivity contribution in [3.8, 4) is 0 Å². The van der Waals surface area contributed by atoms with Crippen molar-refractivity contribution in [1.29, 1.82) is 0 Å². The van der Waals surface area contributed by atoms with Crippen molar-refractivity contribution in [2.24, 2.45) is 11.3 Å². The van der Waals surface area contributed by atoms with Crippen LogP contribution in [0, 0.1) is 11.3 Å². The van der Waals surface area contributed by atoms with Crippen LogP contribution in [-0.4, -0.2) is 38.0 Å². The molecule has 1 fully saturated rings. The summed E-state index contributed by atoms with van der Waals surface area (Å²) in [7, 11) is 1.62. The van der Waals surface area contributed by atoms with E-state index in [9.17, 15) is 14.4 Å². The van der Waals surface area contributed by atoms with E-state index in [2.05, 4.69) is 5.32 Å². The molecule has 1 amide bonds. The molecule has 26 heavy (non-hydrogen) atoms. The highest BCUT2D eigenvalue weighted by atomic mass is 32.1. The van der Waals surface area contributed by atoms with Gasteiger partial charge in [-0.25, -0.2) is 4.79 Å². The topological polar surface area (TPSA) is 81.7 Å². The van der Waals surface area contributed by atoms with Gasteiger partial charge in [-0.15, -0.1) is 11.3 Å².